The van der Waals surface area contributed by atoms with Gasteiger partial charge < -0.3 is 25.9 Å². The Morgan fingerprint density at radius 3 is 2.62 bits per heavy atom. The number of amides is 2. The molecule has 0 bridgehead atoms. The van der Waals surface area contributed by atoms with Crippen LogP contribution in [-0.2, 0) is 16.0 Å². The zero-order valence-electron chi connectivity index (χ0n) is 14.0. The first-order chi connectivity index (χ1) is 11.2. The number of fused-ring (bicyclic) bond motifs is 1. The van der Waals surface area contributed by atoms with E-state index in [1.165, 1.54) is 0 Å². The van der Waals surface area contributed by atoms with E-state index in [-0.39, 0.29) is 6.42 Å². The number of ether oxygens (including phenoxy) is 1. The molecule has 0 spiro atoms. The minimum absolute atomic E-state index is 0.230. The normalized spacial score (nSPS) is 14.2. The second-order valence-corrected chi connectivity index (χ2v) is 6.66. The van der Waals surface area contributed by atoms with Gasteiger partial charge in [0.05, 0.1) is 6.04 Å². The third-order valence-electron chi connectivity index (χ3n) is 3.49. The molecule has 0 aliphatic heterocycles. The van der Waals surface area contributed by atoms with Crippen LogP contribution >= 0.6 is 0 Å². The highest BCUT2D eigenvalue weighted by molar-refractivity contribution is 5.84. The maximum Gasteiger partial charge on any atom is 0.407 e. The zero-order chi connectivity index (χ0) is 17.9. The number of hydrogen-bond acceptors (Lipinski definition) is 4. The number of aromatic nitrogens is 1. The summed E-state index contributed by atoms with van der Waals surface area (Å²) in [6.07, 6.45) is -0.228. The van der Waals surface area contributed by atoms with Crippen molar-refractivity contribution in [3.05, 3.63) is 36.0 Å². The van der Waals surface area contributed by atoms with Crippen LogP contribution in [0.1, 0.15) is 26.3 Å². The number of primary amides is 1. The molecule has 0 radical (unpaired) electrons. The maximum atomic E-state index is 12.0. The van der Waals surface area contributed by atoms with Crippen molar-refractivity contribution in [3.8, 4) is 0 Å². The summed E-state index contributed by atoms with van der Waals surface area (Å²) in [6.45, 7) is 5.18. The fourth-order valence-electron chi connectivity index (χ4n) is 2.44. The van der Waals surface area contributed by atoms with Gasteiger partial charge in [-0.05, 0) is 38.8 Å². The Morgan fingerprint density at radius 1 is 1.33 bits per heavy atom. The Bertz CT molecular complexity index is 733. The van der Waals surface area contributed by atoms with Gasteiger partial charge in [0.1, 0.15) is 5.60 Å². The van der Waals surface area contributed by atoms with Crippen molar-refractivity contribution in [2.45, 2.75) is 44.9 Å². The summed E-state index contributed by atoms with van der Waals surface area (Å²) in [4.78, 5) is 26.5. The van der Waals surface area contributed by atoms with E-state index in [9.17, 15) is 14.7 Å². The van der Waals surface area contributed by atoms with E-state index in [1.54, 1.807) is 27.0 Å². The van der Waals surface area contributed by atoms with Crippen molar-refractivity contribution in [2.24, 2.45) is 5.73 Å². The molecular weight excluding hydrogens is 310 g/mol. The van der Waals surface area contributed by atoms with Gasteiger partial charge in [-0.2, -0.15) is 0 Å². The van der Waals surface area contributed by atoms with Crippen LogP contribution in [0.3, 0.4) is 0 Å². The number of nitrogens with one attached hydrogen (secondary N) is 2. The van der Waals surface area contributed by atoms with Crippen LogP contribution in [0.5, 0.6) is 0 Å². The lowest BCUT2D eigenvalue weighted by Gasteiger charge is -2.25. The number of benzene rings is 1. The molecular formula is C17H23N3O4. The Hall–Kier alpha value is -2.54. The number of aliphatic hydroxyl groups excluding tert-OH is 1. The summed E-state index contributed by atoms with van der Waals surface area (Å²) >= 11 is 0. The molecule has 1 heterocycles. The lowest BCUT2D eigenvalue weighted by Crippen LogP contribution is -2.51. The number of carbonyl (C=O) groups excluding carboxylic acids is 2. The molecule has 0 aliphatic rings. The molecule has 24 heavy (non-hydrogen) atoms. The third-order valence-corrected chi connectivity index (χ3v) is 3.49. The van der Waals surface area contributed by atoms with Crippen LogP contribution in [0.2, 0.25) is 0 Å². The second-order valence-electron chi connectivity index (χ2n) is 6.66. The van der Waals surface area contributed by atoms with Crippen molar-refractivity contribution < 1.29 is 19.4 Å². The van der Waals surface area contributed by atoms with Crippen molar-refractivity contribution in [2.75, 3.05) is 0 Å². The number of aromatic amines is 1. The molecule has 1 aromatic carbocycles. The molecule has 7 heteroatoms. The van der Waals surface area contributed by atoms with Crippen LogP contribution in [0.4, 0.5) is 4.79 Å². The van der Waals surface area contributed by atoms with Gasteiger partial charge in [-0.1, -0.05) is 18.2 Å². The molecule has 7 nitrogen and oxygen atoms in total. The minimum Gasteiger partial charge on any atom is -0.444 e. The number of aliphatic hydroxyl groups is 1. The monoisotopic (exact) mass is 333 g/mol. The Morgan fingerprint density at radius 2 is 2.00 bits per heavy atom. The SMILES string of the molecule is CC(C)(C)OC(=O)N[C@@H](Cc1c[nH]c2ccccc12)C(O)C(N)=O. The Balaban J connectivity index is 2.20. The number of H-pyrrole nitrogens is 1. The van der Waals surface area contributed by atoms with E-state index in [1.807, 2.05) is 24.3 Å². The fourth-order valence-corrected chi connectivity index (χ4v) is 2.44. The molecule has 2 atom stereocenters. The number of alkyl carbamates (subject to hydrolysis) is 1. The average molecular weight is 333 g/mol. The lowest BCUT2D eigenvalue weighted by atomic mass is 10.0. The van der Waals surface area contributed by atoms with E-state index in [2.05, 4.69) is 10.3 Å². The summed E-state index contributed by atoms with van der Waals surface area (Å²) in [5.41, 5.74) is 6.29. The van der Waals surface area contributed by atoms with Gasteiger partial charge in [0.15, 0.2) is 6.10 Å². The van der Waals surface area contributed by atoms with Crippen LogP contribution in [0.15, 0.2) is 30.5 Å². The summed E-state index contributed by atoms with van der Waals surface area (Å²) in [5, 5.41) is 13.5. The zero-order valence-corrected chi connectivity index (χ0v) is 14.0. The molecule has 1 aromatic heterocycles. The molecule has 0 aliphatic carbocycles. The lowest BCUT2D eigenvalue weighted by molar-refractivity contribution is -0.127. The molecule has 1 unspecified atom stereocenters. The standard InChI is InChI=1S/C17H23N3O4/c1-17(2,3)24-16(23)20-13(14(21)15(18)22)8-10-9-19-12-7-5-4-6-11(10)12/h4-7,9,13-14,19,21H,8H2,1-3H3,(H2,18,22)(H,20,23)/t13-,14?/m0/s1. The molecule has 2 rings (SSSR count). The highest BCUT2D eigenvalue weighted by Crippen LogP contribution is 2.20. The quantitative estimate of drug-likeness (QED) is 0.662. The van der Waals surface area contributed by atoms with Crippen molar-refractivity contribution in [1.29, 1.82) is 0 Å². The molecule has 5 N–H and O–H groups in total. The first kappa shape index (κ1) is 17.8. The highest BCUT2D eigenvalue weighted by Gasteiger charge is 2.28. The van der Waals surface area contributed by atoms with Gasteiger partial charge in [0, 0.05) is 17.1 Å². The van der Waals surface area contributed by atoms with Gasteiger partial charge in [0.25, 0.3) is 0 Å². The molecule has 2 aromatic rings. The predicted octanol–water partition coefficient (Wildman–Crippen LogP) is 1.45. The molecule has 0 fully saturated rings. The molecule has 0 saturated heterocycles. The molecule has 130 valence electrons. The number of para-hydroxylation sites is 1. The topological polar surface area (TPSA) is 117 Å². The Kier molecular flexibility index (Phi) is 5.14. The van der Waals surface area contributed by atoms with Gasteiger partial charge >= 0.3 is 6.09 Å². The fraction of sp³-hybridized carbons (Fsp3) is 0.412. The third kappa shape index (κ3) is 4.48. The summed E-state index contributed by atoms with van der Waals surface area (Å²) in [7, 11) is 0. The van der Waals surface area contributed by atoms with E-state index >= 15 is 0 Å². The minimum atomic E-state index is -1.52. The first-order valence-corrected chi connectivity index (χ1v) is 7.69. The first-order valence-electron chi connectivity index (χ1n) is 7.69. The number of nitrogens with two attached hydrogens (primary N) is 1. The maximum absolute atomic E-state index is 12.0. The van der Waals surface area contributed by atoms with Crippen LogP contribution in [0.25, 0.3) is 10.9 Å². The largest absolute Gasteiger partial charge is 0.444 e. The summed E-state index contributed by atoms with van der Waals surface area (Å²) in [5.74, 6) is -0.907. The number of rotatable bonds is 5. The van der Waals surface area contributed by atoms with E-state index in [0.717, 1.165) is 16.5 Å². The second kappa shape index (κ2) is 6.92. The number of carbonyl (C=O) groups is 2. The van der Waals surface area contributed by atoms with E-state index in [4.69, 9.17) is 10.5 Å². The van der Waals surface area contributed by atoms with Gasteiger partial charge in [0.2, 0.25) is 5.91 Å². The van der Waals surface area contributed by atoms with Gasteiger partial charge in [-0.15, -0.1) is 0 Å². The van der Waals surface area contributed by atoms with Crippen LogP contribution in [0, 0.1) is 0 Å². The van der Waals surface area contributed by atoms with Crippen molar-refractivity contribution in [3.63, 3.8) is 0 Å². The summed E-state index contributed by atoms with van der Waals surface area (Å²) < 4.78 is 5.18. The number of hydrogen-bond donors (Lipinski definition) is 4. The Labute approximate surface area is 140 Å². The van der Waals surface area contributed by atoms with Crippen molar-refractivity contribution >= 4 is 22.9 Å². The van der Waals surface area contributed by atoms with Crippen LogP contribution in [-0.4, -0.2) is 39.8 Å². The van der Waals surface area contributed by atoms with E-state index < -0.39 is 29.7 Å². The van der Waals surface area contributed by atoms with Crippen molar-refractivity contribution in [1.82, 2.24) is 10.3 Å². The smallest absolute Gasteiger partial charge is 0.407 e. The van der Waals surface area contributed by atoms with E-state index in [0.29, 0.717) is 0 Å². The van der Waals surface area contributed by atoms with Gasteiger partial charge in [-0.3, -0.25) is 4.79 Å². The van der Waals surface area contributed by atoms with Crippen LogP contribution < -0.4 is 11.1 Å². The summed E-state index contributed by atoms with van der Waals surface area (Å²) in [6, 6.07) is 6.73. The highest BCUT2D eigenvalue weighted by atomic mass is 16.6. The molecule has 0 saturated carbocycles. The van der Waals surface area contributed by atoms with Gasteiger partial charge in [-0.25, -0.2) is 4.79 Å². The predicted molar refractivity (Wildman–Crippen MR) is 90.4 cm³/mol. The molecule has 2 amide bonds. The average Bonchev–Trinajstić information content (AvgIpc) is 2.87.